The van der Waals surface area contributed by atoms with Gasteiger partial charge in [0.05, 0.1) is 5.02 Å². The molecule has 104 valence electrons. The minimum Gasteiger partial charge on any atom is -0.345 e. The van der Waals surface area contributed by atoms with Crippen molar-refractivity contribution in [1.29, 1.82) is 0 Å². The summed E-state index contributed by atoms with van der Waals surface area (Å²) >= 11 is 5.95. The van der Waals surface area contributed by atoms with Crippen LogP contribution in [0.3, 0.4) is 0 Å². The normalized spacial score (nSPS) is 29.5. The molecule has 19 heavy (non-hydrogen) atoms. The Morgan fingerprint density at radius 2 is 2.05 bits per heavy atom. The van der Waals surface area contributed by atoms with Gasteiger partial charge in [-0.1, -0.05) is 11.6 Å². The first kappa shape index (κ1) is 13.0. The van der Waals surface area contributed by atoms with Crippen LogP contribution in [0.5, 0.6) is 0 Å². The number of aromatic nitrogens is 1. The molecule has 2 saturated heterocycles. The Bertz CT molecular complexity index is 487. The summed E-state index contributed by atoms with van der Waals surface area (Å²) in [6, 6.07) is 3.28. The van der Waals surface area contributed by atoms with Gasteiger partial charge in [0.25, 0.3) is 5.91 Å². The maximum atomic E-state index is 12.5. The van der Waals surface area contributed by atoms with Gasteiger partial charge in [0.2, 0.25) is 0 Å². The zero-order valence-corrected chi connectivity index (χ0v) is 12.2. The van der Waals surface area contributed by atoms with Crippen molar-refractivity contribution in [2.24, 2.45) is 7.05 Å². The van der Waals surface area contributed by atoms with E-state index in [0.717, 1.165) is 12.8 Å². The second-order valence-corrected chi connectivity index (χ2v) is 6.27. The first-order valence-electron chi connectivity index (χ1n) is 6.89. The summed E-state index contributed by atoms with van der Waals surface area (Å²) in [7, 11) is 3.78. The molecule has 2 aliphatic heterocycles. The molecule has 1 aromatic rings. The number of aryl methyl sites for hydroxylation is 1. The summed E-state index contributed by atoms with van der Waals surface area (Å²) in [5.41, 5.74) is 0.665. The van der Waals surface area contributed by atoms with Crippen molar-refractivity contribution in [2.45, 2.75) is 43.8 Å². The van der Waals surface area contributed by atoms with E-state index in [1.54, 1.807) is 16.8 Å². The molecule has 5 heteroatoms. The highest BCUT2D eigenvalue weighted by atomic mass is 35.5. The molecule has 4 nitrogen and oxygen atoms in total. The molecule has 0 saturated carbocycles. The molecule has 2 bridgehead atoms. The Morgan fingerprint density at radius 3 is 2.58 bits per heavy atom. The van der Waals surface area contributed by atoms with Gasteiger partial charge in [0.15, 0.2) is 0 Å². The molecule has 2 atom stereocenters. The van der Waals surface area contributed by atoms with Crippen molar-refractivity contribution >= 4 is 17.5 Å². The van der Waals surface area contributed by atoms with Crippen LogP contribution in [0.2, 0.25) is 5.02 Å². The van der Waals surface area contributed by atoms with Gasteiger partial charge in [-0.05, 0) is 31.7 Å². The van der Waals surface area contributed by atoms with Crippen LogP contribution in [-0.4, -0.2) is 40.5 Å². The monoisotopic (exact) mass is 281 g/mol. The van der Waals surface area contributed by atoms with Crippen LogP contribution in [-0.2, 0) is 7.05 Å². The SMILES string of the molecule is CN(C(=O)c1cc(Cl)cn1C)C1CC2CCC(C1)N2. The molecule has 0 aliphatic carbocycles. The minimum absolute atomic E-state index is 0.0701. The first-order valence-corrected chi connectivity index (χ1v) is 7.27. The predicted molar refractivity (Wildman–Crippen MR) is 75.5 cm³/mol. The standard InChI is InChI=1S/C14H20ClN3O/c1-17-8-9(15)5-13(17)14(19)18(2)12-6-10-3-4-11(7-12)16-10/h5,8,10-12,16H,3-4,6-7H2,1-2H3. The molecule has 2 unspecified atom stereocenters. The molecule has 3 rings (SSSR count). The van der Waals surface area contributed by atoms with Crippen LogP contribution in [0.15, 0.2) is 12.3 Å². The lowest BCUT2D eigenvalue weighted by molar-refractivity contribution is 0.0672. The second-order valence-electron chi connectivity index (χ2n) is 5.83. The van der Waals surface area contributed by atoms with E-state index in [2.05, 4.69) is 5.32 Å². The van der Waals surface area contributed by atoms with Gasteiger partial charge in [0, 0.05) is 38.4 Å². The number of fused-ring (bicyclic) bond motifs is 2. The molecule has 3 heterocycles. The van der Waals surface area contributed by atoms with Crippen molar-refractivity contribution in [3.05, 3.63) is 23.0 Å². The molecule has 1 aromatic heterocycles. The van der Waals surface area contributed by atoms with Crippen LogP contribution >= 0.6 is 11.6 Å². The molecule has 1 amide bonds. The van der Waals surface area contributed by atoms with E-state index in [1.807, 2.05) is 19.0 Å². The van der Waals surface area contributed by atoms with Gasteiger partial charge in [-0.15, -0.1) is 0 Å². The van der Waals surface area contributed by atoms with Crippen LogP contribution in [0.4, 0.5) is 0 Å². The number of carbonyl (C=O) groups excluding carboxylic acids is 1. The van der Waals surface area contributed by atoms with Crippen LogP contribution < -0.4 is 5.32 Å². The Morgan fingerprint density at radius 1 is 1.42 bits per heavy atom. The van der Waals surface area contributed by atoms with Gasteiger partial charge >= 0.3 is 0 Å². The van der Waals surface area contributed by atoms with Crippen molar-refractivity contribution < 1.29 is 4.79 Å². The van der Waals surface area contributed by atoms with Crippen molar-refractivity contribution in [1.82, 2.24) is 14.8 Å². The van der Waals surface area contributed by atoms with E-state index in [-0.39, 0.29) is 5.91 Å². The van der Waals surface area contributed by atoms with Crippen LogP contribution in [0.1, 0.15) is 36.2 Å². The average Bonchev–Trinajstić information content (AvgIpc) is 2.89. The van der Waals surface area contributed by atoms with E-state index < -0.39 is 0 Å². The fraction of sp³-hybridized carbons (Fsp3) is 0.643. The zero-order chi connectivity index (χ0) is 13.6. The molecular weight excluding hydrogens is 262 g/mol. The first-order chi connectivity index (χ1) is 9.04. The molecule has 2 fully saturated rings. The number of hydrogen-bond acceptors (Lipinski definition) is 2. The smallest absolute Gasteiger partial charge is 0.270 e. The summed E-state index contributed by atoms with van der Waals surface area (Å²) < 4.78 is 1.80. The number of nitrogens with zero attached hydrogens (tertiary/aromatic N) is 2. The third-order valence-electron chi connectivity index (χ3n) is 4.51. The molecular formula is C14H20ClN3O. The third kappa shape index (κ3) is 2.39. The maximum Gasteiger partial charge on any atom is 0.270 e. The van der Waals surface area contributed by atoms with Gasteiger partial charge in [0.1, 0.15) is 5.69 Å². The van der Waals surface area contributed by atoms with E-state index >= 15 is 0 Å². The number of rotatable bonds is 2. The number of amides is 1. The summed E-state index contributed by atoms with van der Waals surface area (Å²) in [6.45, 7) is 0. The van der Waals surface area contributed by atoms with E-state index in [1.165, 1.54) is 12.8 Å². The van der Waals surface area contributed by atoms with Gasteiger partial charge < -0.3 is 14.8 Å². The molecule has 2 aliphatic rings. The lowest BCUT2D eigenvalue weighted by atomic mass is 9.98. The summed E-state index contributed by atoms with van der Waals surface area (Å²) in [5.74, 6) is 0.0701. The summed E-state index contributed by atoms with van der Waals surface area (Å²) in [5, 5.41) is 4.22. The van der Waals surface area contributed by atoms with Gasteiger partial charge in [-0.25, -0.2) is 0 Å². The van der Waals surface area contributed by atoms with E-state index in [0.29, 0.717) is 28.8 Å². The fourth-order valence-corrected chi connectivity index (χ4v) is 3.68. The van der Waals surface area contributed by atoms with E-state index in [4.69, 9.17) is 11.6 Å². The molecule has 0 radical (unpaired) electrons. The molecule has 0 spiro atoms. The largest absolute Gasteiger partial charge is 0.345 e. The predicted octanol–water partition coefficient (Wildman–Crippen LogP) is 2.03. The van der Waals surface area contributed by atoms with Gasteiger partial charge in [-0.3, -0.25) is 4.79 Å². The maximum absolute atomic E-state index is 12.5. The molecule has 0 aromatic carbocycles. The number of carbonyl (C=O) groups is 1. The Balaban J connectivity index is 1.75. The van der Waals surface area contributed by atoms with Gasteiger partial charge in [-0.2, -0.15) is 0 Å². The summed E-state index contributed by atoms with van der Waals surface area (Å²) in [4.78, 5) is 14.4. The van der Waals surface area contributed by atoms with E-state index in [9.17, 15) is 4.79 Å². The van der Waals surface area contributed by atoms with Crippen molar-refractivity contribution in [3.63, 3.8) is 0 Å². The van der Waals surface area contributed by atoms with Crippen LogP contribution in [0, 0.1) is 0 Å². The highest BCUT2D eigenvalue weighted by molar-refractivity contribution is 6.31. The second kappa shape index (κ2) is 4.84. The lowest BCUT2D eigenvalue weighted by Crippen LogP contribution is -2.49. The number of piperidine rings is 1. The topological polar surface area (TPSA) is 37.3 Å². The Hall–Kier alpha value is -1.00. The lowest BCUT2D eigenvalue weighted by Gasteiger charge is -2.35. The fourth-order valence-electron chi connectivity index (χ4n) is 3.43. The number of hydrogen-bond donors (Lipinski definition) is 1. The number of halogens is 1. The van der Waals surface area contributed by atoms with Crippen LogP contribution in [0.25, 0.3) is 0 Å². The Kier molecular flexibility index (Phi) is 3.31. The summed E-state index contributed by atoms with van der Waals surface area (Å²) in [6.07, 6.45) is 6.40. The zero-order valence-electron chi connectivity index (χ0n) is 11.4. The highest BCUT2D eigenvalue weighted by Gasteiger charge is 2.36. The quantitative estimate of drug-likeness (QED) is 0.901. The van der Waals surface area contributed by atoms with Crippen molar-refractivity contribution in [2.75, 3.05) is 7.05 Å². The molecule has 1 N–H and O–H groups in total. The van der Waals surface area contributed by atoms with Crippen molar-refractivity contribution in [3.8, 4) is 0 Å². The average molecular weight is 282 g/mol. The third-order valence-corrected chi connectivity index (χ3v) is 4.71. The highest BCUT2D eigenvalue weighted by Crippen LogP contribution is 2.30. The minimum atomic E-state index is 0.0701. The number of nitrogens with one attached hydrogen (secondary N) is 1. The Labute approximate surface area is 118 Å².